The smallest absolute Gasteiger partial charge is 0.252 e. The third kappa shape index (κ3) is 5.38. The Balaban J connectivity index is 2.92. The molecule has 0 aliphatic rings. The van der Waals surface area contributed by atoms with Crippen LogP contribution in [-0.2, 0) is 4.79 Å². The summed E-state index contributed by atoms with van der Waals surface area (Å²) in [6, 6.07) is 2.07. The zero-order chi connectivity index (χ0) is 15.8. The second kappa shape index (κ2) is 8.67. The van der Waals surface area contributed by atoms with Gasteiger partial charge in [-0.05, 0) is 29.2 Å². The average Bonchev–Trinajstić information content (AvgIpc) is 2.42. The highest BCUT2D eigenvalue weighted by molar-refractivity contribution is 8.13. The number of halogens is 2. The molecular weight excluding hydrogens is 317 g/mol. The molecule has 0 saturated heterocycles. The molecular formula is C13H13ClFN3O2S. The molecule has 0 aliphatic heterocycles. The Morgan fingerprint density at radius 2 is 2.14 bits per heavy atom. The lowest BCUT2D eigenvalue weighted by Crippen LogP contribution is -2.00. The molecule has 21 heavy (non-hydrogen) atoms. The van der Waals surface area contributed by atoms with Crippen molar-refractivity contribution < 1.29 is 14.0 Å². The summed E-state index contributed by atoms with van der Waals surface area (Å²) in [6.07, 6.45) is 3.10. The molecule has 0 heterocycles. The number of hydrogen-bond acceptors (Lipinski definition) is 3. The first kappa shape index (κ1) is 17.5. The van der Waals surface area contributed by atoms with Gasteiger partial charge in [0, 0.05) is 16.2 Å². The molecule has 0 aromatic heterocycles. The highest BCUT2D eigenvalue weighted by Crippen LogP contribution is 2.31. The van der Waals surface area contributed by atoms with Crippen LogP contribution in [0.15, 0.2) is 22.1 Å². The summed E-state index contributed by atoms with van der Waals surface area (Å²) < 4.78 is 13.6. The topological polar surface area (TPSA) is 82.9 Å². The Kier molecular flexibility index (Phi) is 7.22. The first-order valence-corrected chi connectivity index (χ1v) is 7.48. The van der Waals surface area contributed by atoms with Gasteiger partial charge in [-0.1, -0.05) is 43.1 Å². The molecule has 1 rings (SSSR count). The van der Waals surface area contributed by atoms with Crippen molar-refractivity contribution in [3.05, 3.63) is 39.0 Å². The van der Waals surface area contributed by atoms with Crippen LogP contribution in [-0.4, -0.2) is 11.0 Å². The number of unbranched alkanes of at least 4 members (excludes halogenated alkanes) is 2. The molecule has 0 radical (unpaired) electrons. The van der Waals surface area contributed by atoms with Gasteiger partial charge in [0.15, 0.2) is 5.12 Å². The van der Waals surface area contributed by atoms with Gasteiger partial charge in [0.2, 0.25) is 0 Å². The lowest BCUT2D eigenvalue weighted by atomic mass is 10.2. The molecule has 8 heteroatoms. The maximum atomic E-state index is 13.6. The summed E-state index contributed by atoms with van der Waals surface area (Å²) in [6.45, 7) is 2.03. The van der Waals surface area contributed by atoms with E-state index >= 15 is 0 Å². The maximum absolute atomic E-state index is 13.6. The van der Waals surface area contributed by atoms with Gasteiger partial charge in [0.25, 0.3) is 5.91 Å². The van der Waals surface area contributed by atoms with Crippen molar-refractivity contribution in [2.45, 2.75) is 37.5 Å². The molecule has 1 amide bonds. The van der Waals surface area contributed by atoms with Gasteiger partial charge in [0.05, 0.1) is 10.6 Å². The van der Waals surface area contributed by atoms with E-state index in [-0.39, 0.29) is 15.0 Å². The summed E-state index contributed by atoms with van der Waals surface area (Å²) in [4.78, 5) is 25.8. The standard InChI is InChI=1S/C13H13ClFN3O2S/c1-2-3-4-5-12(19)21-11-6-8(13(20)17-18-16)10(15)7-9(11)14/h6-7H,2-5H2,1H3. The summed E-state index contributed by atoms with van der Waals surface area (Å²) >= 11 is 6.72. The summed E-state index contributed by atoms with van der Waals surface area (Å²) in [5.74, 6) is -1.94. The lowest BCUT2D eigenvalue weighted by molar-refractivity contribution is -0.111. The van der Waals surface area contributed by atoms with E-state index in [0.29, 0.717) is 6.42 Å². The molecule has 1 aromatic carbocycles. The highest BCUT2D eigenvalue weighted by atomic mass is 35.5. The largest absolute Gasteiger partial charge is 0.287 e. The van der Waals surface area contributed by atoms with Crippen LogP contribution in [0.2, 0.25) is 5.02 Å². The van der Waals surface area contributed by atoms with Crippen molar-refractivity contribution >= 4 is 34.4 Å². The Morgan fingerprint density at radius 1 is 1.43 bits per heavy atom. The van der Waals surface area contributed by atoms with Crippen molar-refractivity contribution in [3.8, 4) is 0 Å². The molecule has 0 N–H and O–H groups in total. The van der Waals surface area contributed by atoms with E-state index in [4.69, 9.17) is 17.1 Å². The molecule has 0 fully saturated rings. The van der Waals surface area contributed by atoms with Gasteiger partial charge >= 0.3 is 0 Å². The Bertz CT molecular complexity index is 603. The minimum atomic E-state index is -1.05. The van der Waals surface area contributed by atoms with Crippen LogP contribution in [0, 0.1) is 5.82 Å². The molecule has 5 nitrogen and oxygen atoms in total. The number of hydrogen-bond donors (Lipinski definition) is 0. The second-order valence-electron chi connectivity index (χ2n) is 4.19. The van der Waals surface area contributed by atoms with Crippen molar-refractivity contribution in [3.63, 3.8) is 0 Å². The Hall–Kier alpha value is -1.56. The summed E-state index contributed by atoms with van der Waals surface area (Å²) in [5, 5.41) is 2.76. The molecule has 0 spiro atoms. The molecule has 112 valence electrons. The van der Waals surface area contributed by atoms with E-state index < -0.39 is 17.3 Å². The van der Waals surface area contributed by atoms with E-state index in [1.165, 1.54) is 0 Å². The van der Waals surface area contributed by atoms with Gasteiger partial charge in [-0.3, -0.25) is 9.59 Å². The zero-order valence-corrected chi connectivity index (χ0v) is 12.9. The second-order valence-corrected chi connectivity index (χ2v) is 5.69. The number of rotatable bonds is 6. The molecule has 1 aromatic rings. The number of amides is 1. The molecule has 0 bridgehead atoms. The first-order valence-electron chi connectivity index (χ1n) is 6.28. The van der Waals surface area contributed by atoms with E-state index in [9.17, 15) is 14.0 Å². The fourth-order valence-corrected chi connectivity index (χ4v) is 2.65. The third-order valence-electron chi connectivity index (χ3n) is 2.60. The highest BCUT2D eigenvalue weighted by Gasteiger charge is 2.16. The van der Waals surface area contributed by atoms with Gasteiger partial charge in [0.1, 0.15) is 5.82 Å². The lowest BCUT2D eigenvalue weighted by Gasteiger charge is -2.06. The minimum Gasteiger partial charge on any atom is -0.287 e. The fourth-order valence-electron chi connectivity index (χ4n) is 1.56. The van der Waals surface area contributed by atoms with Crippen LogP contribution in [0.25, 0.3) is 10.4 Å². The van der Waals surface area contributed by atoms with Gasteiger partial charge in [-0.2, -0.15) is 0 Å². The summed E-state index contributed by atoms with van der Waals surface area (Å²) in [7, 11) is 0. The number of benzene rings is 1. The monoisotopic (exact) mass is 329 g/mol. The van der Waals surface area contributed by atoms with E-state index in [1.54, 1.807) is 0 Å². The van der Waals surface area contributed by atoms with Crippen LogP contribution < -0.4 is 0 Å². The normalized spacial score (nSPS) is 10.0. The SMILES string of the molecule is CCCCCC(=O)Sc1cc(C(=O)N=[N+]=[N-])c(F)cc1Cl. The van der Waals surface area contributed by atoms with Gasteiger partial charge in [-0.15, -0.1) is 0 Å². The van der Waals surface area contributed by atoms with Gasteiger partial charge in [-0.25, -0.2) is 4.39 Å². The molecule has 0 unspecified atom stereocenters. The molecule has 0 atom stereocenters. The van der Waals surface area contributed by atoms with E-state index in [1.807, 2.05) is 6.92 Å². The molecule has 0 aliphatic carbocycles. The first-order chi connectivity index (χ1) is 9.99. The van der Waals surface area contributed by atoms with Crippen LogP contribution in [0.1, 0.15) is 43.0 Å². The third-order valence-corrected chi connectivity index (χ3v) is 4.01. The minimum absolute atomic E-state index is 0.0406. The number of nitrogens with zero attached hydrogens (tertiary/aromatic N) is 3. The predicted octanol–water partition coefficient (Wildman–Crippen LogP) is 5.13. The average molecular weight is 330 g/mol. The number of thioether (sulfide) groups is 1. The van der Waals surface area contributed by atoms with Crippen molar-refractivity contribution in [1.82, 2.24) is 0 Å². The van der Waals surface area contributed by atoms with Crippen molar-refractivity contribution in [2.24, 2.45) is 5.11 Å². The van der Waals surface area contributed by atoms with Crippen LogP contribution in [0.4, 0.5) is 4.39 Å². The quantitative estimate of drug-likeness (QED) is 0.238. The van der Waals surface area contributed by atoms with Gasteiger partial charge < -0.3 is 0 Å². The van der Waals surface area contributed by atoms with E-state index in [0.717, 1.165) is 43.2 Å². The fraction of sp³-hybridized carbons (Fsp3) is 0.385. The van der Waals surface area contributed by atoms with Crippen molar-refractivity contribution in [2.75, 3.05) is 0 Å². The van der Waals surface area contributed by atoms with Crippen LogP contribution >= 0.6 is 23.4 Å². The zero-order valence-electron chi connectivity index (χ0n) is 11.3. The number of carbonyl (C=O) groups is 2. The number of azide groups is 1. The number of carbonyl (C=O) groups excluding carboxylic acids is 2. The van der Waals surface area contributed by atoms with Crippen molar-refractivity contribution in [1.29, 1.82) is 0 Å². The maximum Gasteiger partial charge on any atom is 0.252 e. The van der Waals surface area contributed by atoms with E-state index in [2.05, 4.69) is 10.0 Å². The summed E-state index contributed by atoms with van der Waals surface area (Å²) in [5.41, 5.74) is 7.81. The Labute approximate surface area is 130 Å². The van der Waals surface area contributed by atoms with Crippen LogP contribution in [0.5, 0.6) is 0 Å². The predicted molar refractivity (Wildman–Crippen MR) is 79.9 cm³/mol. The molecule has 0 saturated carbocycles. The Morgan fingerprint density at radius 3 is 2.76 bits per heavy atom. The van der Waals surface area contributed by atoms with Crippen LogP contribution in [0.3, 0.4) is 0 Å².